The van der Waals surface area contributed by atoms with Crippen molar-refractivity contribution in [2.75, 3.05) is 28.1 Å². The van der Waals surface area contributed by atoms with Crippen molar-refractivity contribution in [1.82, 2.24) is 0 Å². The number of benzene rings is 2. The van der Waals surface area contributed by atoms with Gasteiger partial charge in [-0.2, -0.15) is 0 Å². The Bertz CT molecular complexity index is 697. The van der Waals surface area contributed by atoms with Gasteiger partial charge in [-0.3, -0.25) is 0 Å². The van der Waals surface area contributed by atoms with E-state index in [0.717, 1.165) is 0 Å². The Morgan fingerprint density at radius 3 is 1.96 bits per heavy atom. The summed E-state index contributed by atoms with van der Waals surface area (Å²) >= 11 is 0. The summed E-state index contributed by atoms with van der Waals surface area (Å²) in [5, 5.41) is 8.95. The quantitative estimate of drug-likeness (QED) is 0.656. The van der Waals surface area contributed by atoms with Crippen LogP contribution in [0.3, 0.4) is 0 Å². The number of aromatic hydroxyl groups is 1. The second-order valence-corrected chi connectivity index (χ2v) is 4.61. The molecule has 0 fully saturated rings. The van der Waals surface area contributed by atoms with Gasteiger partial charge in [0.05, 0.1) is 25.3 Å². The van der Waals surface area contributed by atoms with Crippen molar-refractivity contribution in [1.29, 1.82) is 0 Å². The highest BCUT2D eigenvalue weighted by atomic mass is 16.7. The Morgan fingerprint density at radius 1 is 0.880 bits per heavy atom. The largest absolute Gasteiger partial charge is 0.508 e. The lowest BCUT2D eigenvalue weighted by atomic mass is 10.2. The zero-order valence-corrected chi connectivity index (χ0v) is 14.2. The maximum atomic E-state index is 11.1. The number of phenolic OH excluding ortho intramolecular Hbond substituents is 1. The predicted octanol–water partition coefficient (Wildman–Crippen LogP) is 2.63. The number of hydrogen-bond acceptors (Lipinski definition) is 7. The second-order valence-electron chi connectivity index (χ2n) is 4.61. The van der Waals surface area contributed by atoms with Crippen LogP contribution in [0.25, 0.3) is 0 Å². The first-order chi connectivity index (χ1) is 12.0. The average molecular weight is 348 g/mol. The fourth-order valence-corrected chi connectivity index (χ4v) is 1.71. The summed E-state index contributed by atoms with van der Waals surface area (Å²) in [4.78, 5) is 22.0. The number of carbonyl (C=O) groups excluding carboxylic acids is 2. The number of esters is 2. The van der Waals surface area contributed by atoms with Gasteiger partial charge in [0.15, 0.2) is 6.79 Å². The SMILES string of the molecule is COC(=O)c1cccc(O)c1.COCOc1cccc(C(=O)OC)c1. The van der Waals surface area contributed by atoms with Crippen molar-refractivity contribution in [3.63, 3.8) is 0 Å². The smallest absolute Gasteiger partial charge is 0.337 e. The van der Waals surface area contributed by atoms with Gasteiger partial charge in [-0.15, -0.1) is 0 Å². The molecule has 0 aromatic heterocycles. The molecule has 0 saturated heterocycles. The number of carbonyl (C=O) groups is 2. The van der Waals surface area contributed by atoms with Crippen LogP contribution in [0.4, 0.5) is 0 Å². The highest BCUT2D eigenvalue weighted by molar-refractivity contribution is 5.90. The van der Waals surface area contributed by atoms with Gasteiger partial charge < -0.3 is 24.1 Å². The van der Waals surface area contributed by atoms with Gasteiger partial charge in [-0.05, 0) is 36.4 Å². The highest BCUT2D eigenvalue weighted by Crippen LogP contribution is 2.14. The Hall–Kier alpha value is -3.06. The molecular weight excluding hydrogens is 328 g/mol. The van der Waals surface area contributed by atoms with Gasteiger partial charge in [0.2, 0.25) is 0 Å². The van der Waals surface area contributed by atoms with E-state index in [1.807, 2.05) is 0 Å². The molecule has 2 aromatic carbocycles. The minimum Gasteiger partial charge on any atom is -0.508 e. The van der Waals surface area contributed by atoms with Gasteiger partial charge in [-0.1, -0.05) is 12.1 Å². The standard InChI is InChI=1S/C10H12O4.C8H8O3/c1-12-7-14-9-5-3-4-8(6-9)10(11)13-2;1-11-8(10)6-3-2-4-7(9)5-6/h3-6H,7H2,1-2H3;2-5,9H,1H3. The van der Waals surface area contributed by atoms with Crippen molar-refractivity contribution < 1.29 is 33.6 Å². The monoisotopic (exact) mass is 348 g/mol. The predicted molar refractivity (Wildman–Crippen MR) is 89.7 cm³/mol. The van der Waals surface area contributed by atoms with E-state index in [-0.39, 0.29) is 18.5 Å². The molecule has 0 radical (unpaired) electrons. The van der Waals surface area contributed by atoms with Crippen molar-refractivity contribution >= 4 is 11.9 Å². The summed E-state index contributed by atoms with van der Waals surface area (Å²) in [5.74, 6) is -0.184. The van der Waals surface area contributed by atoms with Crippen LogP contribution in [0.5, 0.6) is 11.5 Å². The molecule has 0 spiro atoms. The normalized spacial score (nSPS) is 9.40. The molecule has 0 saturated carbocycles. The first kappa shape index (κ1) is 20.0. The minimum absolute atomic E-state index is 0.0629. The third-order valence-corrected chi connectivity index (χ3v) is 2.87. The Morgan fingerprint density at radius 2 is 1.44 bits per heavy atom. The van der Waals surface area contributed by atoms with Crippen LogP contribution in [0.1, 0.15) is 20.7 Å². The van der Waals surface area contributed by atoms with Crippen LogP contribution in [-0.4, -0.2) is 45.2 Å². The van der Waals surface area contributed by atoms with E-state index in [1.54, 1.807) is 36.4 Å². The molecule has 7 heteroatoms. The van der Waals surface area contributed by atoms with E-state index in [4.69, 9.17) is 14.6 Å². The van der Waals surface area contributed by atoms with Crippen molar-refractivity contribution in [3.8, 4) is 11.5 Å². The first-order valence-corrected chi connectivity index (χ1v) is 7.19. The van der Waals surface area contributed by atoms with Crippen LogP contribution >= 0.6 is 0 Å². The molecule has 2 aromatic rings. The van der Waals surface area contributed by atoms with E-state index in [1.165, 1.54) is 33.5 Å². The van der Waals surface area contributed by atoms with E-state index in [9.17, 15) is 9.59 Å². The van der Waals surface area contributed by atoms with E-state index in [2.05, 4.69) is 9.47 Å². The lowest BCUT2D eigenvalue weighted by Crippen LogP contribution is -2.03. The third-order valence-electron chi connectivity index (χ3n) is 2.87. The number of hydrogen-bond donors (Lipinski definition) is 1. The van der Waals surface area contributed by atoms with Crippen molar-refractivity contribution in [3.05, 3.63) is 59.7 Å². The molecule has 0 heterocycles. The number of ether oxygens (including phenoxy) is 4. The molecule has 0 aliphatic rings. The molecule has 0 aliphatic heterocycles. The number of methoxy groups -OCH3 is 3. The first-order valence-electron chi connectivity index (χ1n) is 7.19. The Balaban J connectivity index is 0.000000257. The molecule has 134 valence electrons. The maximum absolute atomic E-state index is 11.1. The van der Waals surface area contributed by atoms with Gasteiger partial charge >= 0.3 is 11.9 Å². The lowest BCUT2D eigenvalue weighted by molar-refractivity contribution is 0.0503. The third kappa shape index (κ3) is 6.92. The summed E-state index contributed by atoms with van der Waals surface area (Å²) in [7, 11) is 4.17. The summed E-state index contributed by atoms with van der Waals surface area (Å²) in [6.45, 7) is 0.157. The molecule has 0 unspecified atom stereocenters. The molecule has 7 nitrogen and oxygen atoms in total. The van der Waals surface area contributed by atoms with E-state index in [0.29, 0.717) is 16.9 Å². The van der Waals surface area contributed by atoms with Gasteiger partial charge in [0, 0.05) is 7.11 Å². The Labute approximate surface area is 145 Å². The Kier molecular flexibility index (Phi) is 8.53. The number of phenols is 1. The van der Waals surface area contributed by atoms with Crippen molar-refractivity contribution in [2.24, 2.45) is 0 Å². The summed E-state index contributed by atoms with van der Waals surface area (Å²) in [6, 6.07) is 12.7. The van der Waals surface area contributed by atoms with Crippen LogP contribution in [-0.2, 0) is 14.2 Å². The zero-order valence-electron chi connectivity index (χ0n) is 14.2. The molecule has 0 bridgehead atoms. The second kappa shape index (κ2) is 10.7. The van der Waals surface area contributed by atoms with Crippen molar-refractivity contribution in [2.45, 2.75) is 0 Å². The zero-order chi connectivity index (χ0) is 18.7. The van der Waals surface area contributed by atoms with Crippen LogP contribution in [0, 0.1) is 0 Å². The molecule has 0 amide bonds. The summed E-state index contributed by atoms with van der Waals surface area (Å²) in [6.07, 6.45) is 0. The lowest BCUT2D eigenvalue weighted by Gasteiger charge is -2.05. The molecule has 0 aliphatic carbocycles. The minimum atomic E-state index is -0.444. The van der Waals surface area contributed by atoms with Gasteiger partial charge in [-0.25, -0.2) is 9.59 Å². The molecule has 0 atom stereocenters. The van der Waals surface area contributed by atoms with Crippen LogP contribution in [0.15, 0.2) is 48.5 Å². The molecule has 2 rings (SSSR count). The maximum Gasteiger partial charge on any atom is 0.337 e. The fourth-order valence-electron chi connectivity index (χ4n) is 1.71. The number of rotatable bonds is 5. The summed E-state index contributed by atoms with van der Waals surface area (Å²) in [5.41, 5.74) is 0.814. The van der Waals surface area contributed by atoms with Crippen LogP contribution < -0.4 is 4.74 Å². The molecular formula is C18H20O7. The van der Waals surface area contributed by atoms with E-state index < -0.39 is 5.97 Å². The van der Waals surface area contributed by atoms with Crippen LogP contribution in [0.2, 0.25) is 0 Å². The average Bonchev–Trinajstić information content (AvgIpc) is 2.65. The molecule has 25 heavy (non-hydrogen) atoms. The van der Waals surface area contributed by atoms with Gasteiger partial charge in [0.25, 0.3) is 0 Å². The van der Waals surface area contributed by atoms with Gasteiger partial charge in [0.1, 0.15) is 11.5 Å². The van der Waals surface area contributed by atoms with E-state index >= 15 is 0 Å². The summed E-state index contributed by atoms with van der Waals surface area (Å²) < 4.78 is 18.9. The molecule has 1 N–H and O–H groups in total. The fraction of sp³-hybridized carbons (Fsp3) is 0.222. The topological polar surface area (TPSA) is 91.3 Å². The highest BCUT2D eigenvalue weighted by Gasteiger charge is 2.05.